The Balaban J connectivity index is 1.71. The van der Waals surface area contributed by atoms with Gasteiger partial charge in [0.25, 0.3) is 0 Å². The molecule has 0 heterocycles. The fourth-order valence-corrected chi connectivity index (χ4v) is 2.51. The second kappa shape index (κ2) is 8.67. The van der Waals surface area contributed by atoms with E-state index < -0.39 is 0 Å². The lowest BCUT2D eigenvalue weighted by atomic mass is 10.1. The molecular weight excluding hydrogens is 405 g/mol. The molecule has 0 unspecified atom stereocenters. The number of ether oxygens (including phenoxy) is 1. The Bertz CT molecular complexity index is 683. The van der Waals surface area contributed by atoms with Crippen molar-refractivity contribution in [2.24, 2.45) is 0 Å². The molecule has 0 aliphatic carbocycles. The number of nitrogens with one attached hydrogen (secondary N) is 1. The Morgan fingerprint density at radius 1 is 1.09 bits per heavy atom. The number of carbonyl (C=O) groups is 2. The third-order valence-electron chi connectivity index (χ3n) is 3.23. The van der Waals surface area contributed by atoms with Crippen LogP contribution in [0.4, 0.5) is 5.69 Å². The second-order valence-electron chi connectivity index (χ2n) is 5.06. The maximum absolute atomic E-state index is 11.9. The van der Waals surface area contributed by atoms with E-state index in [-0.39, 0.29) is 11.7 Å². The summed E-state index contributed by atoms with van der Waals surface area (Å²) < 4.78 is 6.59. The Morgan fingerprint density at radius 3 is 2.43 bits per heavy atom. The predicted molar refractivity (Wildman–Crippen MR) is 99.0 cm³/mol. The Labute approximate surface area is 149 Å². The van der Waals surface area contributed by atoms with Crippen LogP contribution in [-0.4, -0.2) is 18.3 Å². The van der Waals surface area contributed by atoms with E-state index >= 15 is 0 Å². The summed E-state index contributed by atoms with van der Waals surface area (Å²) in [5, 5.41) is 2.89. The van der Waals surface area contributed by atoms with Crippen LogP contribution < -0.4 is 10.1 Å². The largest absolute Gasteiger partial charge is 0.494 e. The van der Waals surface area contributed by atoms with E-state index in [9.17, 15) is 9.59 Å². The summed E-state index contributed by atoms with van der Waals surface area (Å²) in [5.74, 6) is 0.710. The van der Waals surface area contributed by atoms with Crippen LogP contribution in [0.2, 0.25) is 0 Å². The molecule has 4 nitrogen and oxygen atoms in total. The number of rotatable bonds is 7. The van der Waals surface area contributed by atoms with Gasteiger partial charge < -0.3 is 10.1 Å². The van der Waals surface area contributed by atoms with E-state index in [1.807, 2.05) is 24.3 Å². The van der Waals surface area contributed by atoms with Crippen molar-refractivity contribution in [2.75, 3.05) is 11.9 Å². The van der Waals surface area contributed by atoms with Crippen molar-refractivity contribution in [3.05, 3.63) is 57.7 Å². The zero-order valence-electron chi connectivity index (χ0n) is 12.8. The van der Waals surface area contributed by atoms with Gasteiger partial charge in [-0.25, -0.2) is 0 Å². The SMILES string of the molecule is CC(=O)c1ccc(OCCCC(=O)Nc2ccccc2I)cc1. The number of para-hydroxylation sites is 1. The molecule has 0 fully saturated rings. The van der Waals surface area contributed by atoms with Gasteiger partial charge in [-0.05, 0) is 72.3 Å². The van der Waals surface area contributed by atoms with Crippen LogP contribution in [0.15, 0.2) is 48.5 Å². The molecule has 0 aliphatic rings. The first-order chi connectivity index (χ1) is 11.1. The molecule has 0 spiro atoms. The van der Waals surface area contributed by atoms with Gasteiger partial charge >= 0.3 is 0 Å². The minimum atomic E-state index is -0.0235. The van der Waals surface area contributed by atoms with Crippen LogP contribution in [0.5, 0.6) is 5.75 Å². The molecule has 0 saturated carbocycles. The van der Waals surface area contributed by atoms with Crippen LogP contribution in [0.3, 0.4) is 0 Å². The van der Waals surface area contributed by atoms with Crippen molar-refractivity contribution in [1.82, 2.24) is 0 Å². The van der Waals surface area contributed by atoms with Gasteiger partial charge in [0.1, 0.15) is 5.75 Å². The molecule has 0 bridgehead atoms. The molecule has 2 aromatic carbocycles. The van der Waals surface area contributed by atoms with E-state index in [1.54, 1.807) is 24.3 Å². The monoisotopic (exact) mass is 423 g/mol. The summed E-state index contributed by atoms with van der Waals surface area (Å²) in [4.78, 5) is 23.1. The number of carbonyl (C=O) groups excluding carboxylic acids is 2. The molecule has 120 valence electrons. The zero-order valence-corrected chi connectivity index (χ0v) is 15.0. The smallest absolute Gasteiger partial charge is 0.224 e. The lowest BCUT2D eigenvalue weighted by molar-refractivity contribution is -0.116. The number of benzene rings is 2. The summed E-state index contributed by atoms with van der Waals surface area (Å²) in [6, 6.07) is 14.7. The van der Waals surface area contributed by atoms with Crippen molar-refractivity contribution in [3.63, 3.8) is 0 Å². The number of hydrogen-bond donors (Lipinski definition) is 1. The summed E-state index contributed by atoms with van der Waals surface area (Å²) in [7, 11) is 0. The minimum absolute atomic E-state index is 0.0235. The van der Waals surface area contributed by atoms with E-state index in [0.29, 0.717) is 30.8 Å². The maximum atomic E-state index is 11.9. The van der Waals surface area contributed by atoms with Gasteiger partial charge in [0.05, 0.1) is 12.3 Å². The highest BCUT2D eigenvalue weighted by molar-refractivity contribution is 14.1. The van der Waals surface area contributed by atoms with Crippen molar-refractivity contribution in [2.45, 2.75) is 19.8 Å². The Morgan fingerprint density at radius 2 is 1.78 bits per heavy atom. The van der Waals surface area contributed by atoms with E-state index in [4.69, 9.17) is 4.74 Å². The summed E-state index contributed by atoms with van der Waals surface area (Å²) >= 11 is 2.19. The van der Waals surface area contributed by atoms with E-state index in [0.717, 1.165) is 9.26 Å². The summed E-state index contributed by atoms with van der Waals surface area (Å²) in [5.41, 5.74) is 1.49. The number of ketones is 1. The normalized spacial score (nSPS) is 10.2. The third kappa shape index (κ3) is 5.67. The Hall–Kier alpha value is -1.89. The summed E-state index contributed by atoms with van der Waals surface area (Å²) in [6.45, 7) is 1.99. The molecule has 0 saturated heterocycles. The first-order valence-electron chi connectivity index (χ1n) is 7.34. The fraction of sp³-hybridized carbons (Fsp3) is 0.222. The standard InChI is InChI=1S/C18H18INO3/c1-13(21)14-8-10-15(11-9-14)23-12-4-7-18(22)20-17-6-3-2-5-16(17)19/h2-3,5-6,8-11H,4,7,12H2,1H3,(H,20,22). The van der Waals surface area contributed by atoms with Crippen LogP contribution in [0.25, 0.3) is 0 Å². The van der Waals surface area contributed by atoms with Crippen LogP contribution in [0.1, 0.15) is 30.1 Å². The number of hydrogen-bond acceptors (Lipinski definition) is 3. The molecule has 0 radical (unpaired) electrons. The minimum Gasteiger partial charge on any atom is -0.494 e. The van der Waals surface area contributed by atoms with E-state index in [2.05, 4.69) is 27.9 Å². The second-order valence-corrected chi connectivity index (χ2v) is 6.22. The third-order valence-corrected chi connectivity index (χ3v) is 4.17. The number of amides is 1. The van der Waals surface area contributed by atoms with Gasteiger partial charge in [-0.2, -0.15) is 0 Å². The van der Waals surface area contributed by atoms with Gasteiger partial charge in [0.2, 0.25) is 5.91 Å². The lowest BCUT2D eigenvalue weighted by Gasteiger charge is -2.08. The molecule has 1 amide bonds. The molecular formula is C18H18INO3. The van der Waals surface area contributed by atoms with Gasteiger partial charge in [-0.15, -0.1) is 0 Å². The van der Waals surface area contributed by atoms with Gasteiger partial charge in [0.15, 0.2) is 5.78 Å². The van der Waals surface area contributed by atoms with Crippen molar-refractivity contribution in [1.29, 1.82) is 0 Å². The average molecular weight is 423 g/mol. The molecule has 0 aliphatic heterocycles. The van der Waals surface area contributed by atoms with Gasteiger partial charge in [-0.3, -0.25) is 9.59 Å². The number of Topliss-reactive ketones (excluding diaryl/α,β-unsaturated/α-hetero) is 1. The highest BCUT2D eigenvalue weighted by atomic mass is 127. The number of anilines is 1. The Kier molecular flexibility index (Phi) is 6.58. The topological polar surface area (TPSA) is 55.4 Å². The van der Waals surface area contributed by atoms with Gasteiger partial charge in [0, 0.05) is 15.6 Å². The first-order valence-corrected chi connectivity index (χ1v) is 8.42. The molecule has 2 rings (SSSR count). The molecule has 0 aromatic heterocycles. The van der Waals surface area contributed by atoms with E-state index in [1.165, 1.54) is 6.92 Å². The van der Waals surface area contributed by atoms with Gasteiger partial charge in [-0.1, -0.05) is 12.1 Å². The fourth-order valence-electron chi connectivity index (χ4n) is 1.98. The molecule has 1 N–H and O–H groups in total. The highest BCUT2D eigenvalue weighted by Gasteiger charge is 2.05. The summed E-state index contributed by atoms with van der Waals surface area (Å²) in [6.07, 6.45) is 1.03. The number of halogens is 1. The molecule has 23 heavy (non-hydrogen) atoms. The molecule has 5 heteroatoms. The lowest BCUT2D eigenvalue weighted by Crippen LogP contribution is -2.13. The predicted octanol–water partition coefficient (Wildman–Crippen LogP) is 4.29. The van der Waals surface area contributed by atoms with Crippen molar-refractivity contribution < 1.29 is 14.3 Å². The van der Waals surface area contributed by atoms with Crippen LogP contribution in [0, 0.1) is 3.57 Å². The van der Waals surface area contributed by atoms with Crippen molar-refractivity contribution in [3.8, 4) is 5.75 Å². The van der Waals surface area contributed by atoms with Crippen molar-refractivity contribution >= 4 is 40.0 Å². The molecule has 2 aromatic rings. The van der Waals surface area contributed by atoms with Crippen LogP contribution >= 0.6 is 22.6 Å². The first kappa shape index (κ1) is 17.5. The zero-order chi connectivity index (χ0) is 16.7. The average Bonchev–Trinajstić information content (AvgIpc) is 2.54. The highest BCUT2D eigenvalue weighted by Crippen LogP contribution is 2.17. The maximum Gasteiger partial charge on any atom is 0.224 e. The quantitative estimate of drug-likeness (QED) is 0.411. The molecule has 0 atom stereocenters. The van der Waals surface area contributed by atoms with Crippen LogP contribution in [-0.2, 0) is 4.79 Å².